The first-order valence-electron chi connectivity index (χ1n) is 11.8. The second-order valence-electron chi connectivity index (χ2n) is 8.17. The molecule has 0 amide bonds. The topological polar surface area (TPSA) is 71.9 Å². The highest BCUT2D eigenvalue weighted by atomic mass is 127. The largest absolute Gasteiger partial charge is 0.357 e. The fourth-order valence-corrected chi connectivity index (χ4v) is 4.15. The molecule has 0 radical (unpaired) electrons. The smallest absolute Gasteiger partial charge is 0.225 e. The summed E-state index contributed by atoms with van der Waals surface area (Å²) < 4.78 is 0. The summed E-state index contributed by atoms with van der Waals surface area (Å²) in [6.45, 7) is 13.6. The van der Waals surface area contributed by atoms with Gasteiger partial charge < -0.3 is 20.4 Å². The van der Waals surface area contributed by atoms with Crippen LogP contribution in [0.15, 0.2) is 23.5 Å². The fourth-order valence-electron chi connectivity index (χ4n) is 4.15. The lowest BCUT2D eigenvalue weighted by atomic mass is 10.2. The van der Waals surface area contributed by atoms with Crippen molar-refractivity contribution in [1.82, 2.24) is 30.4 Å². The SMILES string of the molecule is CCNC(=NCCCN1CCCCCC1)NCCN1CCN(c2ncccn2)CC1.I. The molecule has 0 aromatic carbocycles. The number of guanidine groups is 1. The van der Waals surface area contributed by atoms with Crippen molar-refractivity contribution >= 4 is 35.9 Å². The van der Waals surface area contributed by atoms with Gasteiger partial charge in [0.1, 0.15) is 0 Å². The molecule has 176 valence electrons. The fraction of sp³-hybridized carbons (Fsp3) is 0.773. The molecule has 1 aromatic heterocycles. The van der Waals surface area contributed by atoms with Crippen LogP contribution in [0.3, 0.4) is 0 Å². The predicted octanol–water partition coefficient (Wildman–Crippen LogP) is 2.04. The zero-order valence-corrected chi connectivity index (χ0v) is 21.5. The number of aromatic nitrogens is 2. The number of piperazine rings is 1. The Morgan fingerprint density at radius 1 is 0.903 bits per heavy atom. The van der Waals surface area contributed by atoms with Crippen LogP contribution in [0.4, 0.5) is 5.95 Å². The van der Waals surface area contributed by atoms with Crippen molar-refractivity contribution in [3.05, 3.63) is 18.5 Å². The van der Waals surface area contributed by atoms with Gasteiger partial charge in [0.2, 0.25) is 5.95 Å². The maximum atomic E-state index is 4.78. The van der Waals surface area contributed by atoms with Crippen molar-refractivity contribution in [3.8, 4) is 0 Å². The Balaban J connectivity index is 0.00000341. The Labute approximate surface area is 205 Å². The first kappa shape index (κ1) is 26.1. The van der Waals surface area contributed by atoms with Gasteiger partial charge in [0.05, 0.1) is 0 Å². The molecule has 2 aliphatic heterocycles. The zero-order valence-electron chi connectivity index (χ0n) is 19.1. The summed E-state index contributed by atoms with van der Waals surface area (Å²) in [5.41, 5.74) is 0. The summed E-state index contributed by atoms with van der Waals surface area (Å²) in [6.07, 6.45) is 10.3. The van der Waals surface area contributed by atoms with E-state index in [9.17, 15) is 0 Å². The first-order valence-corrected chi connectivity index (χ1v) is 11.8. The van der Waals surface area contributed by atoms with Crippen LogP contribution in [-0.4, -0.2) is 97.7 Å². The number of rotatable bonds is 9. The van der Waals surface area contributed by atoms with Crippen molar-refractivity contribution in [3.63, 3.8) is 0 Å². The van der Waals surface area contributed by atoms with Gasteiger partial charge in [0.25, 0.3) is 0 Å². The van der Waals surface area contributed by atoms with Crippen molar-refractivity contribution in [2.45, 2.75) is 39.0 Å². The van der Waals surface area contributed by atoms with Crippen LogP contribution < -0.4 is 15.5 Å². The molecule has 0 atom stereocenters. The van der Waals surface area contributed by atoms with Gasteiger partial charge in [-0.2, -0.15) is 0 Å². The minimum absolute atomic E-state index is 0. The molecule has 0 bridgehead atoms. The molecule has 8 nitrogen and oxygen atoms in total. The Morgan fingerprint density at radius 3 is 2.26 bits per heavy atom. The van der Waals surface area contributed by atoms with Crippen molar-refractivity contribution in [2.24, 2.45) is 4.99 Å². The lowest BCUT2D eigenvalue weighted by molar-refractivity contribution is 0.260. The summed E-state index contributed by atoms with van der Waals surface area (Å²) >= 11 is 0. The van der Waals surface area contributed by atoms with E-state index < -0.39 is 0 Å². The molecule has 3 heterocycles. The van der Waals surface area contributed by atoms with Gasteiger partial charge >= 0.3 is 0 Å². The van der Waals surface area contributed by atoms with E-state index in [2.05, 4.69) is 42.2 Å². The summed E-state index contributed by atoms with van der Waals surface area (Å²) in [7, 11) is 0. The molecular formula is C22H41IN8. The lowest BCUT2D eigenvalue weighted by Crippen LogP contribution is -2.49. The molecule has 3 rings (SSSR count). The highest BCUT2D eigenvalue weighted by molar-refractivity contribution is 14.0. The predicted molar refractivity (Wildman–Crippen MR) is 140 cm³/mol. The molecule has 2 saturated heterocycles. The molecule has 9 heteroatoms. The Kier molecular flexibility index (Phi) is 13.1. The maximum Gasteiger partial charge on any atom is 0.225 e. The average Bonchev–Trinajstić information content (AvgIpc) is 3.07. The van der Waals surface area contributed by atoms with E-state index in [4.69, 9.17) is 4.99 Å². The van der Waals surface area contributed by atoms with Crippen LogP contribution in [0.2, 0.25) is 0 Å². The molecule has 1 aromatic rings. The van der Waals surface area contributed by atoms with Crippen LogP contribution in [0, 0.1) is 0 Å². The van der Waals surface area contributed by atoms with Crippen LogP contribution in [0.5, 0.6) is 0 Å². The van der Waals surface area contributed by atoms with Crippen LogP contribution >= 0.6 is 24.0 Å². The second-order valence-corrected chi connectivity index (χ2v) is 8.17. The highest BCUT2D eigenvalue weighted by Crippen LogP contribution is 2.10. The Morgan fingerprint density at radius 2 is 1.58 bits per heavy atom. The Hall–Kier alpha value is -1.20. The molecule has 31 heavy (non-hydrogen) atoms. The van der Waals surface area contributed by atoms with Crippen LogP contribution in [-0.2, 0) is 0 Å². The zero-order chi connectivity index (χ0) is 20.9. The molecule has 0 unspecified atom stereocenters. The number of hydrogen-bond acceptors (Lipinski definition) is 6. The number of hydrogen-bond donors (Lipinski definition) is 2. The number of nitrogens with zero attached hydrogens (tertiary/aromatic N) is 6. The normalized spacial score (nSPS) is 18.9. The van der Waals surface area contributed by atoms with Gasteiger partial charge in [0, 0.05) is 64.8 Å². The number of halogens is 1. The molecule has 0 spiro atoms. The minimum atomic E-state index is 0. The van der Waals surface area contributed by atoms with E-state index in [0.717, 1.165) is 70.7 Å². The second kappa shape index (κ2) is 15.6. The third-order valence-electron chi connectivity index (χ3n) is 5.87. The lowest BCUT2D eigenvalue weighted by Gasteiger charge is -2.34. The summed E-state index contributed by atoms with van der Waals surface area (Å²) in [5, 5.41) is 6.88. The van der Waals surface area contributed by atoms with Crippen LogP contribution in [0.1, 0.15) is 39.0 Å². The third kappa shape index (κ3) is 9.86. The number of likely N-dealkylation sites (tertiary alicyclic amines) is 1. The average molecular weight is 545 g/mol. The van der Waals surface area contributed by atoms with Gasteiger partial charge in [-0.05, 0) is 51.9 Å². The van der Waals surface area contributed by atoms with Crippen molar-refractivity contribution in [1.29, 1.82) is 0 Å². The highest BCUT2D eigenvalue weighted by Gasteiger charge is 2.18. The van der Waals surface area contributed by atoms with E-state index >= 15 is 0 Å². The van der Waals surface area contributed by atoms with Gasteiger partial charge in [-0.1, -0.05) is 12.8 Å². The number of aliphatic imine (C=N–C) groups is 1. The summed E-state index contributed by atoms with van der Waals surface area (Å²) in [6, 6.07) is 1.86. The molecule has 2 fully saturated rings. The number of nitrogens with one attached hydrogen (secondary N) is 2. The minimum Gasteiger partial charge on any atom is -0.357 e. The standard InChI is InChI=1S/C22H40N8.HI/c1-2-23-21(24-11-8-15-28-13-5-3-4-6-14-28)25-12-16-29-17-19-30(20-18-29)22-26-9-7-10-27-22;/h7,9-10H,2-6,8,11-20H2,1H3,(H2,23,24,25);1H. The van der Waals surface area contributed by atoms with E-state index in [1.807, 2.05) is 18.5 Å². The summed E-state index contributed by atoms with van der Waals surface area (Å²) in [4.78, 5) is 20.9. The monoisotopic (exact) mass is 544 g/mol. The quantitative estimate of drug-likeness (QED) is 0.214. The molecule has 2 N–H and O–H groups in total. The third-order valence-corrected chi connectivity index (χ3v) is 5.87. The molecule has 2 aliphatic rings. The van der Waals surface area contributed by atoms with Crippen LogP contribution in [0.25, 0.3) is 0 Å². The van der Waals surface area contributed by atoms with E-state index in [1.54, 1.807) is 0 Å². The Bertz CT molecular complexity index is 599. The molecule has 0 saturated carbocycles. The van der Waals surface area contributed by atoms with E-state index in [-0.39, 0.29) is 24.0 Å². The van der Waals surface area contributed by atoms with E-state index in [0.29, 0.717) is 0 Å². The van der Waals surface area contributed by atoms with Gasteiger partial charge in [-0.3, -0.25) is 9.89 Å². The molecule has 0 aliphatic carbocycles. The van der Waals surface area contributed by atoms with Crippen molar-refractivity contribution < 1.29 is 0 Å². The molecular weight excluding hydrogens is 503 g/mol. The maximum absolute atomic E-state index is 4.78. The van der Waals surface area contributed by atoms with Gasteiger partial charge in [-0.15, -0.1) is 24.0 Å². The summed E-state index contributed by atoms with van der Waals surface area (Å²) in [5.74, 6) is 1.79. The number of anilines is 1. The van der Waals surface area contributed by atoms with Gasteiger partial charge in [-0.25, -0.2) is 9.97 Å². The van der Waals surface area contributed by atoms with Gasteiger partial charge in [0.15, 0.2) is 5.96 Å². The first-order chi connectivity index (χ1) is 14.8. The van der Waals surface area contributed by atoms with Crippen molar-refractivity contribution in [2.75, 3.05) is 76.9 Å². The van der Waals surface area contributed by atoms with E-state index in [1.165, 1.54) is 45.3 Å².